The topological polar surface area (TPSA) is 71.4 Å². The van der Waals surface area contributed by atoms with E-state index in [1.807, 2.05) is 66.7 Å². The van der Waals surface area contributed by atoms with Crippen LogP contribution in [0.2, 0.25) is 0 Å². The minimum Gasteiger partial charge on any atom is -0.481 e. The lowest BCUT2D eigenvalue weighted by Gasteiger charge is -2.12. The fraction of sp³-hybridized carbons (Fsp3) is 0.258. The van der Waals surface area contributed by atoms with Crippen LogP contribution in [0.3, 0.4) is 0 Å². The van der Waals surface area contributed by atoms with E-state index in [1.54, 1.807) is 12.1 Å². The van der Waals surface area contributed by atoms with E-state index in [2.05, 4.69) is 11.8 Å². The Morgan fingerprint density at radius 1 is 0.857 bits per heavy atom. The van der Waals surface area contributed by atoms with Gasteiger partial charge < -0.3 is 9.90 Å². The van der Waals surface area contributed by atoms with Gasteiger partial charge in [0, 0.05) is 30.4 Å². The van der Waals surface area contributed by atoms with Gasteiger partial charge in [-0.3, -0.25) is 9.59 Å². The second-order valence-corrected chi connectivity index (χ2v) is 8.56. The number of rotatable bonds is 12. The summed E-state index contributed by atoms with van der Waals surface area (Å²) < 4.78 is 0. The Labute approximate surface area is 207 Å². The monoisotopic (exact) mass is 466 g/mol. The molecule has 0 aliphatic heterocycles. The molecule has 0 bridgehead atoms. The zero-order chi connectivity index (χ0) is 24.9. The van der Waals surface area contributed by atoms with E-state index in [0.29, 0.717) is 24.8 Å². The SMILES string of the molecule is O=CCCCC#Cc1ccc(-c2ccc(C(=O)CC(CCCc3ccccc3)C(=O)O)cc2)cc1. The molecule has 4 nitrogen and oxygen atoms in total. The van der Waals surface area contributed by atoms with Crippen molar-refractivity contribution in [3.8, 4) is 23.0 Å². The molecule has 0 fully saturated rings. The average molecular weight is 467 g/mol. The summed E-state index contributed by atoms with van der Waals surface area (Å²) in [7, 11) is 0. The van der Waals surface area contributed by atoms with Crippen molar-refractivity contribution in [3.63, 3.8) is 0 Å². The molecule has 178 valence electrons. The minimum atomic E-state index is -0.921. The molecule has 1 N–H and O–H groups in total. The Morgan fingerprint density at radius 3 is 2.14 bits per heavy atom. The van der Waals surface area contributed by atoms with E-state index in [0.717, 1.165) is 42.2 Å². The van der Waals surface area contributed by atoms with Crippen LogP contribution < -0.4 is 0 Å². The quantitative estimate of drug-likeness (QED) is 0.146. The number of carbonyl (C=O) groups is 3. The minimum absolute atomic E-state index is 0.00365. The predicted octanol–water partition coefficient (Wildman–Crippen LogP) is 6.37. The summed E-state index contributed by atoms with van der Waals surface area (Å²) >= 11 is 0. The van der Waals surface area contributed by atoms with Gasteiger partial charge >= 0.3 is 5.97 Å². The number of aryl methyl sites for hydroxylation is 1. The molecule has 3 rings (SSSR count). The van der Waals surface area contributed by atoms with Crippen LogP contribution in [-0.2, 0) is 16.0 Å². The lowest BCUT2D eigenvalue weighted by atomic mass is 9.92. The number of carboxylic acids is 1. The largest absolute Gasteiger partial charge is 0.481 e. The molecule has 3 aromatic carbocycles. The Bertz CT molecular complexity index is 1170. The van der Waals surface area contributed by atoms with Gasteiger partial charge in [-0.15, -0.1) is 0 Å². The van der Waals surface area contributed by atoms with Crippen LogP contribution in [0.25, 0.3) is 11.1 Å². The maximum absolute atomic E-state index is 12.8. The van der Waals surface area contributed by atoms with Crippen molar-refractivity contribution in [3.05, 3.63) is 95.6 Å². The van der Waals surface area contributed by atoms with Crippen LogP contribution in [0.1, 0.15) is 60.0 Å². The Balaban J connectivity index is 1.55. The molecule has 0 saturated carbocycles. The maximum Gasteiger partial charge on any atom is 0.306 e. The van der Waals surface area contributed by atoms with Crippen LogP contribution in [0.15, 0.2) is 78.9 Å². The van der Waals surface area contributed by atoms with Gasteiger partial charge in [-0.2, -0.15) is 0 Å². The summed E-state index contributed by atoms with van der Waals surface area (Å²) in [5.74, 6) is 4.42. The van der Waals surface area contributed by atoms with Gasteiger partial charge in [0.2, 0.25) is 0 Å². The summed E-state index contributed by atoms with van der Waals surface area (Å²) in [4.78, 5) is 34.8. The Kier molecular flexibility index (Phi) is 10.0. The van der Waals surface area contributed by atoms with Crippen molar-refractivity contribution < 1.29 is 19.5 Å². The first-order valence-corrected chi connectivity index (χ1v) is 12.0. The molecule has 3 aromatic rings. The van der Waals surface area contributed by atoms with E-state index >= 15 is 0 Å². The number of carbonyl (C=O) groups excluding carboxylic acids is 2. The highest BCUT2D eigenvalue weighted by Gasteiger charge is 2.21. The van der Waals surface area contributed by atoms with Gasteiger partial charge in [-0.1, -0.05) is 78.6 Å². The van der Waals surface area contributed by atoms with Crippen molar-refractivity contribution in [1.29, 1.82) is 0 Å². The van der Waals surface area contributed by atoms with E-state index < -0.39 is 11.9 Å². The van der Waals surface area contributed by atoms with Crippen LogP contribution >= 0.6 is 0 Å². The molecule has 0 amide bonds. The number of benzene rings is 3. The van der Waals surface area contributed by atoms with Gasteiger partial charge in [-0.05, 0) is 54.5 Å². The first-order valence-electron chi connectivity index (χ1n) is 12.0. The van der Waals surface area contributed by atoms with Gasteiger partial charge in [0.25, 0.3) is 0 Å². The van der Waals surface area contributed by atoms with Crippen LogP contribution in [-0.4, -0.2) is 23.1 Å². The number of Topliss-reactive ketones (excluding diaryl/α,β-unsaturated/α-hetero) is 1. The first kappa shape index (κ1) is 25.6. The molecule has 1 atom stereocenters. The number of ketones is 1. The second kappa shape index (κ2) is 13.7. The Hall–Kier alpha value is -3.97. The molecule has 0 aliphatic rings. The zero-order valence-electron chi connectivity index (χ0n) is 19.8. The summed E-state index contributed by atoms with van der Waals surface area (Å²) in [6.07, 6.45) is 4.94. The van der Waals surface area contributed by atoms with E-state index in [4.69, 9.17) is 0 Å². The van der Waals surface area contributed by atoms with Crippen molar-refractivity contribution in [1.82, 2.24) is 0 Å². The summed E-state index contributed by atoms with van der Waals surface area (Å²) in [5.41, 5.74) is 4.61. The van der Waals surface area contributed by atoms with Crippen molar-refractivity contribution >= 4 is 18.0 Å². The molecule has 1 unspecified atom stereocenters. The number of hydrogen-bond donors (Lipinski definition) is 1. The second-order valence-electron chi connectivity index (χ2n) is 8.56. The molecule has 4 heteroatoms. The molecule has 0 spiro atoms. The highest BCUT2D eigenvalue weighted by molar-refractivity contribution is 5.98. The molecule has 0 aliphatic carbocycles. The fourth-order valence-electron chi connectivity index (χ4n) is 3.88. The summed E-state index contributed by atoms with van der Waals surface area (Å²) in [6, 6.07) is 25.1. The number of hydrogen-bond acceptors (Lipinski definition) is 3. The number of aldehydes is 1. The highest BCUT2D eigenvalue weighted by Crippen LogP contribution is 2.22. The standard InChI is InChI=1S/C31H30O4/c32-22-7-2-1-4-11-25-14-16-26(17-15-25)27-18-20-28(21-19-27)30(33)23-29(31(34)35)13-8-12-24-9-5-3-6-10-24/h3,5-6,9-10,14-22,29H,1-2,7-8,12-13,23H2,(H,34,35). The third-order valence-electron chi connectivity index (χ3n) is 5.92. The maximum atomic E-state index is 12.8. The lowest BCUT2D eigenvalue weighted by molar-refractivity contribution is -0.141. The van der Waals surface area contributed by atoms with Crippen LogP contribution in [0, 0.1) is 17.8 Å². The lowest BCUT2D eigenvalue weighted by Crippen LogP contribution is -2.18. The third-order valence-corrected chi connectivity index (χ3v) is 5.92. The van der Waals surface area contributed by atoms with E-state index in [1.165, 1.54) is 5.56 Å². The molecule has 0 saturated heterocycles. The number of aliphatic carboxylic acids is 1. The Morgan fingerprint density at radius 2 is 1.51 bits per heavy atom. The molecule has 0 radical (unpaired) electrons. The summed E-state index contributed by atoms with van der Waals surface area (Å²) in [6.45, 7) is 0. The van der Waals surface area contributed by atoms with Crippen molar-refractivity contribution in [2.24, 2.45) is 5.92 Å². The van der Waals surface area contributed by atoms with Crippen LogP contribution in [0.5, 0.6) is 0 Å². The normalized spacial score (nSPS) is 11.2. The molecule has 0 aromatic heterocycles. The molecular formula is C31H30O4. The van der Waals surface area contributed by atoms with Gasteiger partial charge in [0.15, 0.2) is 5.78 Å². The molecule has 0 heterocycles. The molecular weight excluding hydrogens is 436 g/mol. The third kappa shape index (κ3) is 8.39. The predicted molar refractivity (Wildman–Crippen MR) is 138 cm³/mol. The average Bonchev–Trinajstić information content (AvgIpc) is 2.89. The fourth-order valence-corrected chi connectivity index (χ4v) is 3.88. The van der Waals surface area contributed by atoms with Crippen LogP contribution in [0.4, 0.5) is 0 Å². The van der Waals surface area contributed by atoms with Gasteiger partial charge in [0.05, 0.1) is 5.92 Å². The zero-order valence-corrected chi connectivity index (χ0v) is 19.8. The number of carboxylic acid groups (broad SMARTS) is 1. The van der Waals surface area contributed by atoms with Crippen molar-refractivity contribution in [2.75, 3.05) is 0 Å². The highest BCUT2D eigenvalue weighted by atomic mass is 16.4. The van der Waals surface area contributed by atoms with E-state index in [9.17, 15) is 19.5 Å². The smallest absolute Gasteiger partial charge is 0.306 e. The van der Waals surface area contributed by atoms with Gasteiger partial charge in [0.1, 0.15) is 6.29 Å². The number of unbranched alkanes of at least 4 members (excludes halogenated alkanes) is 2. The van der Waals surface area contributed by atoms with E-state index in [-0.39, 0.29) is 12.2 Å². The van der Waals surface area contributed by atoms with Gasteiger partial charge in [-0.25, -0.2) is 0 Å². The van der Waals surface area contributed by atoms with Crippen molar-refractivity contribution in [2.45, 2.75) is 44.9 Å². The summed E-state index contributed by atoms with van der Waals surface area (Å²) in [5, 5.41) is 9.60. The molecule has 35 heavy (non-hydrogen) atoms. The first-order chi connectivity index (χ1) is 17.1.